The van der Waals surface area contributed by atoms with Crippen LogP contribution in [0, 0.1) is 5.92 Å². The van der Waals surface area contributed by atoms with Gasteiger partial charge in [-0.25, -0.2) is 0 Å². The Bertz CT molecular complexity index is 285. The maximum absolute atomic E-state index is 4.12. The number of nitrogens with one attached hydrogen (secondary N) is 1. The van der Waals surface area contributed by atoms with E-state index in [4.69, 9.17) is 0 Å². The van der Waals surface area contributed by atoms with Crippen LogP contribution in [0.5, 0.6) is 0 Å². The summed E-state index contributed by atoms with van der Waals surface area (Å²) in [5.41, 5.74) is 4.03. The molecule has 0 radical (unpaired) electrons. The minimum atomic E-state index is 0.697. The molecule has 1 heteroatoms. The minimum Gasteiger partial charge on any atom is -0.317 e. The van der Waals surface area contributed by atoms with Crippen LogP contribution in [0.3, 0.4) is 0 Å². The van der Waals surface area contributed by atoms with E-state index in [1.807, 2.05) is 0 Å². The van der Waals surface area contributed by atoms with Crippen molar-refractivity contribution in [3.05, 3.63) is 35.5 Å². The van der Waals surface area contributed by atoms with Crippen molar-refractivity contribution in [1.29, 1.82) is 0 Å². The second-order valence-electron chi connectivity index (χ2n) is 5.02. The van der Waals surface area contributed by atoms with Gasteiger partial charge in [0.25, 0.3) is 0 Å². The lowest BCUT2D eigenvalue weighted by molar-refractivity contribution is 0.550. The van der Waals surface area contributed by atoms with Crippen molar-refractivity contribution in [1.82, 2.24) is 5.32 Å². The Labute approximate surface area is 100 Å². The van der Waals surface area contributed by atoms with E-state index in [0.717, 1.165) is 6.54 Å². The Morgan fingerprint density at radius 1 is 1.12 bits per heavy atom. The molecule has 1 atom stereocenters. The molecule has 1 aliphatic rings. The van der Waals surface area contributed by atoms with Crippen molar-refractivity contribution in [3.63, 3.8) is 0 Å². The molecule has 0 amide bonds. The smallest absolute Gasteiger partial charge is 0.00431 e. The number of hydrogen-bond acceptors (Lipinski definition) is 1. The molecule has 0 spiro atoms. The average Bonchev–Trinajstić information content (AvgIpc) is 2.45. The van der Waals surface area contributed by atoms with E-state index < -0.39 is 0 Å². The average molecular weight is 219 g/mol. The quantitative estimate of drug-likeness (QED) is 0.711. The summed E-state index contributed by atoms with van der Waals surface area (Å²) < 4.78 is 0. The zero-order valence-corrected chi connectivity index (χ0v) is 11.0. The molecule has 1 fully saturated rings. The molecule has 1 rings (SSSR count). The van der Waals surface area contributed by atoms with Gasteiger partial charge in [-0.3, -0.25) is 0 Å². The molecule has 0 aromatic carbocycles. The highest BCUT2D eigenvalue weighted by Crippen LogP contribution is 2.27. The van der Waals surface area contributed by atoms with E-state index in [2.05, 4.69) is 44.8 Å². The molecule has 1 heterocycles. The van der Waals surface area contributed by atoms with E-state index in [1.165, 1.54) is 42.5 Å². The molecule has 90 valence electrons. The largest absolute Gasteiger partial charge is 0.317 e. The van der Waals surface area contributed by atoms with Crippen LogP contribution in [0.25, 0.3) is 0 Å². The molecule has 0 aromatic rings. The van der Waals surface area contributed by atoms with Gasteiger partial charge in [0.1, 0.15) is 0 Å². The minimum absolute atomic E-state index is 0.697. The highest BCUT2D eigenvalue weighted by atomic mass is 14.8. The van der Waals surface area contributed by atoms with E-state index in [0.29, 0.717) is 5.92 Å². The number of rotatable bonds is 3. The zero-order valence-electron chi connectivity index (χ0n) is 11.0. The van der Waals surface area contributed by atoms with Gasteiger partial charge in [-0.2, -0.15) is 0 Å². The van der Waals surface area contributed by atoms with Crippen LogP contribution in [-0.2, 0) is 0 Å². The molecule has 1 N–H and O–H groups in total. The lowest BCUT2D eigenvalue weighted by Gasteiger charge is -2.18. The topological polar surface area (TPSA) is 12.0 Å². The molecule has 0 bridgehead atoms. The summed E-state index contributed by atoms with van der Waals surface area (Å²) in [7, 11) is 0. The Balaban J connectivity index is 2.79. The fourth-order valence-electron chi connectivity index (χ4n) is 2.21. The summed E-state index contributed by atoms with van der Waals surface area (Å²) >= 11 is 0. The summed E-state index contributed by atoms with van der Waals surface area (Å²) in [6.45, 7) is 12.8. The second-order valence-corrected chi connectivity index (χ2v) is 5.02. The first-order chi connectivity index (χ1) is 7.61. The maximum atomic E-state index is 4.12. The molecule has 1 nitrogen and oxygen atoms in total. The molecule has 0 aliphatic carbocycles. The maximum Gasteiger partial charge on any atom is -0.00431 e. The Hall–Kier alpha value is -0.820. The van der Waals surface area contributed by atoms with Crippen LogP contribution in [0.15, 0.2) is 35.5 Å². The van der Waals surface area contributed by atoms with Gasteiger partial charge in [0.15, 0.2) is 0 Å². The first-order valence-corrected chi connectivity index (χ1v) is 6.33. The predicted octanol–water partition coefficient (Wildman–Crippen LogP) is 3.84. The van der Waals surface area contributed by atoms with Crippen molar-refractivity contribution in [2.24, 2.45) is 5.92 Å². The SMILES string of the molecule is C=C(C)/C(=C\C=C(C)C)C1CCCNCC1. The van der Waals surface area contributed by atoms with Crippen molar-refractivity contribution < 1.29 is 0 Å². The van der Waals surface area contributed by atoms with Crippen LogP contribution in [0.4, 0.5) is 0 Å². The van der Waals surface area contributed by atoms with E-state index >= 15 is 0 Å². The summed E-state index contributed by atoms with van der Waals surface area (Å²) in [5.74, 6) is 0.697. The van der Waals surface area contributed by atoms with Crippen molar-refractivity contribution in [2.75, 3.05) is 13.1 Å². The van der Waals surface area contributed by atoms with Crippen molar-refractivity contribution in [2.45, 2.75) is 40.0 Å². The standard InChI is InChI=1S/C15H25N/c1-12(2)7-8-15(13(3)4)14-6-5-10-16-11-9-14/h7-8,14,16H,3,5-6,9-11H2,1-2,4H3/b15-8+. The first-order valence-electron chi connectivity index (χ1n) is 6.33. The van der Waals surface area contributed by atoms with Crippen molar-refractivity contribution >= 4 is 0 Å². The van der Waals surface area contributed by atoms with E-state index in [1.54, 1.807) is 0 Å². The molecule has 1 saturated heterocycles. The lowest BCUT2D eigenvalue weighted by Crippen LogP contribution is -2.14. The highest BCUT2D eigenvalue weighted by molar-refractivity contribution is 5.33. The third kappa shape index (κ3) is 4.36. The molecule has 1 aliphatic heterocycles. The summed E-state index contributed by atoms with van der Waals surface area (Å²) in [5, 5.41) is 3.46. The fraction of sp³-hybridized carbons (Fsp3) is 0.600. The van der Waals surface area contributed by atoms with Gasteiger partial charge in [0, 0.05) is 0 Å². The van der Waals surface area contributed by atoms with Gasteiger partial charge in [-0.05, 0) is 64.6 Å². The van der Waals surface area contributed by atoms with Gasteiger partial charge >= 0.3 is 0 Å². The monoisotopic (exact) mass is 219 g/mol. The van der Waals surface area contributed by atoms with E-state index in [9.17, 15) is 0 Å². The van der Waals surface area contributed by atoms with E-state index in [-0.39, 0.29) is 0 Å². The van der Waals surface area contributed by atoms with Gasteiger partial charge in [0.2, 0.25) is 0 Å². The normalized spacial score (nSPS) is 22.4. The third-order valence-corrected chi connectivity index (χ3v) is 3.10. The summed E-state index contributed by atoms with van der Waals surface area (Å²) in [4.78, 5) is 0. The Morgan fingerprint density at radius 3 is 2.50 bits per heavy atom. The van der Waals surface area contributed by atoms with Gasteiger partial charge in [-0.15, -0.1) is 0 Å². The van der Waals surface area contributed by atoms with Gasteiger partial charge < -0.3 is 5.32 Å². The van der Waals surface area contributed by atoms with Gasteiger partial charge in [0.05, 0.1) is 0 Å². The molecular formula is C15H25N. The number of hydrogen-bond donors (Lipinski definition) is 1. The molecule has 1 unspecified atom stereocenters. The third-order valence-electron chi connectivity index (χ3n) is 3.10. The highest BCUT2D eigenvalue weighted by Gasteiger charge is 2.16. The molecule has 0 aromatic heterocycles. The molecule has 0 saturated carbocycles. The first kappa shape index (κ1) is 13.2. The Morgan fingerprint density at radius 2 is 1.88 bits per heavy atom. The number of allylic oxidation sites excluding steroid dienone is 5. The van der Waals surface area contributed by atoms with Crippen LogP contribution in [0.1, 0.15) is 40.0 Å². The summed E-state index contributed by atoms with van der Waals surface area (Å²) in [6, 6.07) is 0. The van der Waals surface area contributed by atoms with Crippen LogP contribution < -0.4 is 5.32 Å². The lowest BCUT2D eigenvalue weighted by atomic mass is 9.87. The van der Waals surface area contributed by atoms with Crippen molar-refractivity contribution in [3.8, 4) is 0 Å². The molecular weight excluding hydrogens is 194 g/mol. The van der Waals surface area contributed by atoms with Gasteiger partial charge in [-0.1, -0.05) is 29.9 Å². The fourth-order valence-corrected chi connectivity index (χ4v) is 2.21. The predicted molar refractivity (Wildman–Crippen MR) is 72.5 cm³/mol. The van der Waals surface area contributed by atoms with Crippen LogP contribution in [0.2, 0.25) is 0 Å². The Kier molecular flexibility index (Phi) is 5.54. The molecule has 16 heavy (non-hydrogen) atoms. The summed E-state index contributed by atoms with van der Waals surface area (Å²) in [6.07, 6.45) is 8.30. The van der Waals surface area contributed by atoms with Crippen LogP contribution in [-0.4, -0.2) is 13.1 Å². The second kappa shape index (κ2) is 6.70. The zero-order chi connectivity index (χ0) is 12.0. The van der Waals surface area contributed by atoms with Crippen LogP contribution >= 0.6 is 0 Å².